The maximum atomic E-state index is 4.75. The van der Waals surface area contributed by atoms with Crippen molar-refractivity contribution in [1.82, 2.24) is 15.0 Å². The Balaban J connectivity index is 2.05. The van der Waals surface area contributed by atoms with Gasteiger partial charge in [0.15, 0.2) is 5.65 Å². The van der Waals surface area contributed by atoms with Crippen LogP contribution in [-0.4, -0.2) is 15.0 Å². The molecular weight excluding hydrogens is 278 g/mol. The molecule has 2 aromatic heterocycles. The van der Waals surface area contributed by atoms with E-state index in [0.717, 1.165) is 38.4 Å². The molecule has 0 atom stereocenters. The van der Waals surface area contributed by atoms with Crippen molar-refractivity contribution < 1.29 is 0 Å². The largest absolute Gasteiger partial charge is 0.337 e. The van der Waals surface area contributed by atoms with Gasteiger partial charge in [0.05, 0.1) is 5.52 Å². The molecule has 2 aromatic carbocycles. The van der Waals surface area contributed by atoms with Crippen LogP contribution in [0.4, 0.5) is 0 Å². The number of pyridine rings is 1. The molecule has 0 saturated heterocycles. The number of aromatic amines is 1. The van der Waals surface area contributed by atoms with Gasteiger partial charge in [-0.1, -0.05) is 30.3 Å². The summed E-state index contributed by atoms with van der Waals surface area (Å²) in [6.45, 7) is 2.09. The quantitative estimate of drug-likeness (QED) is 0.511. The van der Waals surface area contributed by atoms with Gasteiger partial charge in [-0.15, -0.1) is 12.6 Å². The van der Waals surface area contributed by atoms with E-state index in [1.165, 1.54) is 5.39 Å². The lowest BCUT2D eigenvalue weighted by Crippen LogP contribution is -1.90. The highest BCUT2D eigenvalue weighted by atomic mass is 32.1. The second-order valence-corrected chi connectivity index (χ2v) is 5.55. The summed E-state index contributed by atoms with van der Waals surface area (Å²) in [5.74, 6) is 0.817. The summed E-state index contributed by atoms with van der Waals surface area (Å²) in [6.07, 6.45) is 1.75. The Kier molecular flexibility index (Phi) is 2.72. The lowest BCUT2D eigenvalue weighted by molar-refractivity contribution is 1.26. The summed E-state index contributed by atoms with van der Waals surface area (Å²) in [5, 5.41) is 2.33. The van der Waals surface area contributed by atoms with Crippen LogP contribution in [-0.2, 0) is 0 Å². The third kappa shape index (κ3) is 1.91. The highest BCUT2D eigenvalue weighted by molar-refractivity contribution is 7.80. The fraction of sp³-hybridized carbons (Fsp3) is 0.0588. The second-order valence-electron chi connectivity index (χ2n) is 5.10. The molecule has 4 rings (SSSR count). The molecule has 0 amide bonds. The number of aromatic nitrogens is 3. The van der Waals surface area contributed by atoms with Crippen LogP contribution < -0.4 is 0 Å². The molecule has 0 radical (unpaired) electrons. The molecule has 1 N–H and O–H groups in total. The van der Waals surface area contributed by atoms with Gasteiger partial charge in [0, 0.05) is 16.7 Å². The van der Waals surface area contributed by atoms with Gasteiger partial charge in [-0.05, 0) is 35.4 Å². The molecule has 0 aliphatic rings. The molecule has 0 aliphatic heterocycles. The lowest BCUT2D eigenvalue weighted by atomic mass is 10.0. The molecule has 102 valence electrons. The summed E-state index contributed by atoms with van der Waals surface area (Å²) in [7, 11) is 0. The Hall–Kier alpha value is -2.33. The van der Waals surface area contributed by atoms with E-state index in [0.29, 0.717) is 0 Å². The SMILES string of the molecule is Cc1cc2ccccc2c(S)c1-c1nc2ncccc2[nH]1. The van der Waals surface area contributed by atoms with E-state index >= 15 is 0 Å². The Morgan fingerprint density at radius 1 is 1.10 bits per heavy atom. The molecule has 4 aromatic rings. The Morgan fingerprint density at radius 2 is 1.95 bits per heavy atom. The Labute approximate surface area is 127 Å². The number of thiol groups is 1. The number of hydrogen-bond donors (Lipinski definition) is 2. The summed E-state index contributed by atoms with van der Waals surface area (Å²) < 4.78 is 0. The molecule has 0 spiro atoms. The normalized spacial score (nSPS) is 11.3. The van der Waals surface area contributed by atoms with Crippen LogP contribution in [0.25, 0.3) is 33.3 Å². The molecule has 4 heteroatoms. The maximum absolute atomic E-state index is 4.75. The number of nitrogens with zero attached hydrogens (tertiary/aromatic N) is 2. The van der Waals surface area contributed by atoms with Crippen LogP contribution in [0.3, 0.4) is 0 Å². The zero-order chi connectivity index (χ0) is 14.4. The average Bonchev–Trinajstić information content (AvgIpc) is 2.90. The standard InChI is InChI=1S/C17H13N3S/c1-10-9-11-5-2-3-6-12(11)15(21)14(10)17-19-13-7-4-8-18-16(13)20-17/h2-9,21H,1H3,(H,18,19,20). The summed E-state index contributed by atoms with van der Waals surface area (Å²) in [4.78, 5) is 13.2. The molecule has 0 saturated carbocycles. The van der Waals surface area contributed by atoms with E-state index in [-0.39, 0.29) is 0 Å². The monoisotopic (exact) mass is 291 g/mol. The van der Waals surface area contributed by atoms with Crippen LogP contribution in [0.2, 0.25) is 0 Å². The number of fused-ring (bicyclic) bond motifs is 2. The predicted octanol–water partition coefficient (Wildman–Crippen LogP) is 4.38. The van der Waals surface area contributed by atoms with Crippen molar-refractivity contribution in [2.75, 3.05) is 0 Å². The molecule has 2 heterocycles. The van der Waals surface area contributed by atoms with E-state index in [1.54, 1.807) is 6.20 Å². The van der Waals surface area contributed by atoms with Crippen LogP contribution in [0.15, 0.2) is 53.6 Å². The van der Waals surface area contributed by atoms with Crippen molar-refractivity contribution in [3.05, 3.63) is 54.2 Å². The van der Waals surface area contributed by atoms with Crippen molar-refractivity contribution in [3.8, 4) is 11.4 Å². The molecule has 3 nitrogen and oxygen atoms in total. The van der Waals surface area contributed by atoms with Gasteiger partial charge < -0.3 is 4.98 Å². The van der Waals surface area contributed by atoms with Crippen LogP contribution >= 0.6 is 12.6 Å². The summed E-state index contributed by atoms with van der Waals surface area (Å²) in [6, 6.07) is 14.3. The van der Waals surface area contributed by atoms with E-state index in [2.05, 4.69) is 40.1 Å². The zero-order valence-electron chi connectivity index (χ0n) is 11.5. The third-order valence-corrected chi connectivity index (χ3v) is 4.18. The first-order valence-electron chi connectivity index (χ1n) is 6.76. The predicted molar refractivity (Wildman–Crippen MR) is 88.8 cm³/mol. The molecule has 0 aliphatic carbocycles. The number of aryl methyl sites for hydroxylation is 1. The molecule has 0 fully saturated rings. The number of nitrogens with one attached hydrogen (secondary N) is 1. The van der Waals surface area contributed by atoms with Crippen LogP contribution in [0.5, 0.6) is 0 Å². The Morgan fingerprint density at radius 3 is 2.81 bits per heavy atom. The molecular formula is C17H13N3S. The van der Waals surface area contributed by atoms with Gasteiger partial charge in [0.25, 0.3) is 0 Å². The van der Waals surface area contributed by atoms with E-state index in [9.17, 15) is 0 Å². The van der Waals surface area contributed by atoms with Crippen LogP contribution in [0, 0.1) is 6.92 Å². The van der Waals surface area contributed by atoms with Gasteiger partial charge in [-0.2, -0.15) is 0 Å². The fourth-order valence-corrected chi connectivity index (χ4v) is 3.21. The zero-order valence-corrected chi connectivity index (χ0v) is 12.4. The van der Waals surface area contributed by atoms with Gasteiger partial charge in [-0.3, -0.25) is 0 Å². The summed E-state index contributed by atoms with van der Waals surface area (Å²) >= 11 is 4.75. The van der Waals surface area contributed by atoms with Crippen molar-refractivity contribution in [2.45, 2.75) is 11.8 Å². The topological polar surface area (TPSA) is 41.6 Å². The Bertz CT molecular complexity index is 939. The second kappa shape index (κ2) is 4.60. The van der Waals surface area contributed by atoms with E-state index in [1.807, 2.05) is 24.3 Å². The lowest BCUT2D eigenvalue weighted by Gasteiger charge is -2.10. The van der Waals surface area contributed by atoms with Crippen molar-refractivity contribution in [2.24, 2.45) is 0 Å². The molecule has 21 heavy (non-hydrogen) atoms. The van der Waals surface area contributed by atoms with E-state index in [4.69, 9.17) is 12.6 Å². The fourth-order valence-electron chi connectivity index (χ4n) is 2.73. The minimum Gasteiger partial charge on any atom is -0.337 e. The van der Waals surface area contributed by atoms with Crippen molar-refractivity contribution in [3.63, 3.8) is 0 Å². The first-order chi connectivity index (χ1) is 10.2. The van der Waals surface area contributed by atoms with Gasteiger partial charge >= 0.3 is 0 Å². The number of H-pyrrole nitrogens is 1. The van der Waals surface area contributed by atoms with Crippen molar-refractivity contribution in [1.29, 1.82) is 0 Å². The first-order valence-corrected chi connectivity index (χ1v) is 7.21. The van der Waals surface area contributed by atoms with Gasteiger partial charge in [0.2, 0.25) is 0 Å². The third-order valence-electron chi connectivity index (χ3n) is 3.71. The van der Waals surface area contributed by atoms with E-state index < -0.39 is 0 Å². The smallest absolute Gasteiger partial charge is 0.178 e. The summed E-state index contributed by atoms with van der Waals surface area (Å²) in [5.41, 5.74) is 3.85. The highest BCUT2D eigenvalue weighted by Gasteiger charge is 2.14. The highest BCUT2D eigenvalue weighted by Crippen LogP contribution is 2.35. The minimum atomic E-state index is 0.729. The first kappa shape index (κ1) is 12.4. The number of rotatable bonds is 1. The average molecular weight is 291 g/mol. The number of hydrogen-bond acceptors (Lipinski definition) is 3. The molecule has 0 unspecified atom stereocenters. The molecule has 0 bridgehead atoms. The van der Waals surface area contributed by atoms with Gasteiger partial charge in [-0.25, -0.2) is 9.97 Å². The minimum absolute atomic E-state index is 0.729. The maximum Gasteiger partial charge on any atom is 0.178 e. The van der Waals surface area contributed by atoms with Crippen LogP contribution in [0.1, 0.15) is 5.56 Å². The van der Waals surface area contributed by atoms with Crippen molar-refractivity contribution >= 4 is 34.6 Å². The van der Waals surface area contributed by atoms with Gasteiger partial charge in [0.1, 0.15) is 5.82 Å². The number of benzene rings is 2. The number of imidazole rings is 1.